The van der Waals surface area contributed by atoms with Gasteiger partial charge in [0.25, 0.3) is 0 Å². The van der Waals surface area contributed by atoms with Crippen molar-refractivity contribution in [3.8, 4) is 0 Å². The van der Waals surface area contributed by atoms with E-state index in [-0.39, 0.29) is 28.1 Å². The third-order valence-corrected chi connectivity index (χ3v) is 3.62. The second-order valence-electron chi connectivity index (χ2n) is 9.09. The Morgan fingerprint density at radius 1 is 0.846 bits per heavy atom. The lowest BCUT2D eigenvalue weighted by Gasteiger charge is -2.22. The number of hydrogen-bond acceptors (Lipinski definition) is 4. The molecule has 26 heavy (non-hydrogen) atoms. The number of nitrogens with zero attached hydrogens (tertiary/aromatic N) is 2. The molecule has 0 amide bonds. The van der Waals surface area contributed by atoms with E-state index in [0.717, 1.165) is 18.4 Å². The monoisotopic (exact) mass is 360 g/mol. The molecule has 0 aliphatic rings. The van der Waals surface area contributed by atoms with Gasteiger partial charge in [-0.3, -0.25) is 0 Å². The van der Waals surface area contributed by atoms with Gasteiger partial charge >= 0.3 is 0 Å². The molecule has 1 rings (SSSR count). The molecule has 0 saturated heterocycles. The van der Waals surface area contributed by atoms with Crippen LogP contribution in [0.5, 0.6) is 0 Å². The molecular weight excluding hydrogens is 328 g/mol. The molecule has 0 heterocycles. The number of oxime groups is 2. The lowest BCUT2D eigenvalue weighted by atomic mass is 9.83. The zero-order chi connectivity index (χ0) is 20.1. The van der Waals surface area contributed by atoms with E-state index in [2.05, 4.69) is 57.9 Å². The van der Waals surface area contributed by atoms with Crippen molar-refractivity contribution in [3.05, 3.63) is 40.5 Å². The van der Waals surface area contributed by atoms with Gasteiger partial charge in [0.2, 0.25) is 0 Å². The molecule has 6 N–H and O–H groups in total. The van der Waals surface area contributed by atoms with E-state index in [4.69, 9.17) is 21.9 Å². The van der Waals surface area contributed by atoms with Crippen LogP contribution in [-0.2, 0) is 12.8 Å². The minimum atomic E-state index is -0.209. The van der Waals surface area contributed by atoms with E-state index < -0.39 is 0 Å². The Kier molecular flexibility index (Phi) is 6.84. The highest BCUT2D eigenvalue weighted by Gasteiger charge is 2.16. The van der Waals surface area contributed by atoms with Gasteiger partial charge in [-0.05, 0) is 46.4 Å². The molecule has 0 saturated carbocycles. The molecule has 1 aromatic rings. The Bertz CT molecular complexity index is 666. The molecule has 0 bridgehead atoms. The van der Waals surface area contributed by atoms with Gasteiger partial charge in [0.05, 0.1) is 5.57 Å². The quantitative estimate of drug-likeness (QED) is 0.277. The van der Waals surface area contributed by atoms with Crippen LogP contribution in [-0.4, -0.2) is 22.1 Å². The second-order valence-corrected chi connectivity index (χ2v) is 9.09. The maximum absolute atomic E-state index is 8.97. The summed E-state index contributed by atoms with van der Waals surface area (Å²) in [7, 11) is 0. The lowest BCUT2D eigenvalue weighted by Crippen LogP contribution is -2.26. The summed E-state index contributed by atoms with van der Waals surface area (Å²) in [6.07, 6.45) is 3.49. The molecule has 0 unspecified atom stereocenters. The molecule has 0 aliphatic carbocycles. The molecule has 6 heteroatoms. The predicted molar refractivity (Wildman–Crippen MR) is 108 cm³/mol. The van der Waals surface area contributed by atoms with Gasteiger partial charge in [-0.1, -0.05) is 70.1 Å². The average molecular weight is 361 g/mol. The van der Waals surface area contributed by atoms with Gasteiger partial charge < -0.3 is 21.9 Å². The molecular formula is C20H32N4O2. The summed E-state index contributed by atoms with van der Waals surface area (Å²) in [5.41, 5.74) is 15.1. The van der Waals surface area contributed by atoms with Crippen molar-refractivity contribution in [1.82, 2.24) is 0 Å². The minimum Gasteiger partial charge on any atom is -0.409 e. The molecule has 6 nitrogen and oxygen atoms in total. The molecule has 1 aromatic carbocycles. The summed E-state index contributed by atoms with van der Waals surface area (Å²) in [6, 6.07) is 6.32. The number of nitrogens with two attached hydrogens (primary N) is 2. The summed E-state index contributed by atoms with van der Waals surface area (Å²) in [6.45, 7) is 13.1. The smallest absolute Gasteiger partial charge is 0.173 e. The zero-order valence-corrected chi connectivity index (χ0v) is 16.7. The van der Waals surface area contributed by atoms with Crippen molar-refractivity contribution in [3.63, 3.8) is 0 Å². The number of rotatable bonds is 5. The summed E-state index contributed by atoms with van der Waals surface area (Å²) < 4.78 is 0. The maximum atomic E-state index is 8.97. The van der Waals surface area contributed by atoms with Crippen molar-refractivity contribution < 1.29 is 10.4 Å². The van der Waals surface area contributed by atoms with E-state index in [9.17, 15) is 0 Å². The fraction of sp³-hybridized carbons (Fsp3) is 0.500. The van der Waals surface area contributed by atoms with Crippen molar-refractivity contribution in [2.75, 3.05) is 0 Å². The molecule has 0 fully saturated rings. The average Bonchev–Trinajstić information content (AvgIpc) is 2.47. The van der Waals surface area contributed by atoms with Crippen LogP contribution < -0.4 is 11.5 Å². The Balaban J connectivity index is 3.50. The molecule has 0 radical (unpaired) electrons. The fourth-order valence-electron chi connectivity index (χ4n) is 2.86. The van der Waals surface area contributed by atoms with E-state index in [1.165, 1.54) is 11.1 Å². The normalized spacial score (nSPS) is 13.6. The number of benzene rings is 1. The minimum absolute atomic E-state index is 0.140. The van der Waals surface area contributed by atoms with Gasteiger partial charge in [-0.25, -0.2) is 0 Å². The van der Waals surface area contributed by atoms with Crippen molar-refractivity contribution in [2.45, 2.75) is 54.4 Å². The van der Waals surface area contributed by atoms with Gasteiger partial charge in [-0.2, -0.15) is 0 Å². The van der Waals surface area contributed by atoms with E-state index >= 15 is 0 Å². The first-order valence-electron chi connectivity index (χ1n) is 8.65. The molecule has 0 aromatic heterocycles. The SMILES string of the molecule is CC(C)(C)Cc1cc(C=C(/C(N)=N/O)/C(N)=N/O)cc(CC(C)(C)C)c1. The molecule has 0 atom stereocenters. The molecule has 0 aliphatic heterocycles. The summed E-state index contributed by atoms with van der Waals surface area (Å²) >= 11 is 0. The Labute approximate surface area is 156 Å². The van der Waals surface area contributed by atoms with Crippen molar-refractivity contribution in [1.29, 1.82) is 0 Å². The number of hydrogen-bond donors (Lipinski definition) is 4. The van der Waals surface area contributed by atoms with Crippen LogP contribution in [0.1, 0.15) is 58.2 Å². The van der Waals surface area contributed by atoms with E-state index in [1.54, 1.807) is 6.08 Å². The topological polar surface area (TPSA) is 117 Å². The molecule has 0 spiro atoms. The Hall–Kier alpha value is -2.50. The Morgan fingerprint density at radius 2 is 1.23 bits per heavy atom. The predicted octanol–water partition coefficient (Wildman–Crippen LogP) is 3.74. The second kappa shape index (κ2) is 8.25. The highest BCUT2D eigenvalue weighted by molar-refractivity contribution is 6.24. The first-order valence-corrected chi connectivity index (χ1v) is 8.65. The van der Waals surface area contributed by atoms with Gasteiger partial charge in [-0.15, -0.1) is 0 Å². The summed E-state index contributed by atoms with van der Waals surface area (Å²) in [4.78, 5) is 0. The fourth-order valence-corrected chi connectivity index (χ4v) is 2.86. The maximum Gasteiger partial charge on any atom is 0.173 e. The summed E-state index contributed by atoms with van der Waals surface area (Å²) in [5.74, 6) is -0.419. The van der Waals surface area contributed by atoms with Crippen LogP contribution in [0.4, 0.5) is 0 Å². The van der Waals surface area contributed by atoms with Crippen LogP contribution in [0.15, 0.2) is 34.1 Å². The van der Waals surface area contributed by atoms with Gasteiger partial charge in [0.15, 0.2) is 11.7 Å². The van der Waals surface area contributed by atoms with E-state index in [1.807, 2.05) is 12.1 Å². The van der Waals surface area contributed by atoms with Crippen molar-refractivity contribution in [2.24, 2.45) is 32.6 Å². The first-order chi connectivity index (χ1) is 11.8. The van der Waals surface area contributed by atoms with Crippen LogP contribution in [0.3, 0.4) is 0 Å². The first kappa shape index (κ1) is 21.5. The van der Waals surface area contributed by atoms with E-state index in [0.29, 0.717) is 0 Å². The third kappa shape index (κ3) is 7.17. The third-order valence-electron chi connectivity index (χ3n) is 3.62. The lowest BCUT2D eigenvalue weighted by molar-refractivity contribution is 0.316. The van der Waals surface area contributed by atoms with Crippen LogP contribution in [0.25, 0.3) is 6.08 Å². The number of amidine groups is 2. The van der Waals surface area contributed by atoms with Gasteiger partial charge in [0.1, 0.15) is 0 Å². The molecule has 144 valence electrons. The van der Waals surface area contributed by atoms with Crippen molar-refractivity contribution >= 4 is 17.7 Å². The van der Waals surface area contributed by atoms with Crippen LogP contribution in [0.2, 0.25) is 0 Å². The highest BCUT2D eigenvalue weighted by atomic mass is 16.4. The zero-order valence-electron chi connectivity index (χ0n) is 16.7. The van der Waals surface area contributed by atoms with Crippen LogP contribution in [0, 0.1) is 10.8 Å². The standard InChI is InChI=1S/C20H32N4O2/c1-19(2,3)11-14-7-13(8-15(9-14)12-20(4,5)6)10-16(17(21)23-25)18(22)24-26/h7-10,25-26H,11-12H2,1-6H3,(H2,21,23)(H2,22,24). The largest absolute Gasteiger partial charge is 0.409 e. The Morgan fingerprint density at radius 3 is 1.54 bits per heavy atom. The van der Waals surface area contributed by atoms with Gasteiger partial charge in [0, 0.05) is 0 Å². The highest BCUT2D eigenvalue weighted by Crippen LogP contribution is 2.27. The summed E-state index contributed by atoms with van der Waals surface area (Å²) in [5, 5.41) is 23.9. The van der Waals surface area contributed by atoms with Crippen LogP contribution >= 0.6 is 0 Å².